The number of methoxy groups -OCH3 is 2. The summed E-state index contributed by atoms with van der Waals surface area (Å²) >= 11 is 0. The van der Waals surface area contributed by atoms with Crippen LogP contribution < -0.4 is 0 Å². The van der Waals surface area contributed by atoms with Gasteiger partial charge in [-0.15, -0.1) is 0 Å². The van der Waals surface area contributed by atoms with Gasteiger partial charge in [-0.2, -0.15) is 0 Å². The first-order valence-corrected chi connectivity index (χ1v) is 6.88. The minimum atomic E-state index is -1.15. The summed E-state index contributed by atoms with van der Waals surface area (Å²) < 4.78 is 9.33. The van der Waals surface area contributed by atoms with Gasteiger partial charge in [0.2, 0.25) is 0 Å². The van der Waals surface area contributed by atoms with Gasteiger partial charge in [0, 0.05) is 12.3 Å². The van der Waals surface area contributed by atoms with Gasteiger partial charge in [-0.3, -0.25) is 9.59 Å². The molecule has 1 rings (SSSR count). The van der Waals surface area contributed by atoms with Crippen LogP contribution in [0.3, 0.4) is 0 Å². The summed E-state index contributed by atoms with van der Waals surface area (Å²) in [7, 11) is 2.40. The Balaban J connectivity index is 3.08. The number of hydrogen-bond acceptors (Lipinski definition) is 5. The molecule has 0 N–H and O–H groups in total. The minimum Gasteiger partial charge on any atom is -0.468 e. The second kappa shape index (κ2) is 8.77. The normalized spacial score (nSPS) is 12.2. The van der Waals surface area contributed by atoms with E-state index in [4.69, 9.17) is 0 Å². The highest BCUT2D eigenvalue weighted by Gasteiger charge is 2.36. The van der Waals surface area contributed by atoms with Crippen LogP contribution in [0.15, 0.2) is 36.4 Å². The number of rotatable bonds is 7. The van der Waals surface area contributed by atoms with E-state index in [0.717, 1.165) is 5.56 Å². The molecule has 0 saturated heterocycles. The molecule has 0 fully saturated rings. The lowest BCUT2D eigenvalue weighted by atomic mass is 9.87. The highest BCUT2D eigenvalue weighted by atomic mass is 16.5. The van der Waals surface area contributed by atoms with Gasteiger partial charge >= 0.3 is 11.9 Å². The highest BCUT2D eigenvalue weighted by Crippen LogP contribution is 2.22. The maximum atomic E-state index is 11.9. The minimum absolute atomic E-state index is 0.0538. The lowest BCUT2D eigenvalue weighted by Gasteiger charge is -2.19. The Morgan fingerprint density at radius 3 is 2.05 bits per heavy atom. The molecular weight excluding hydrogens is 284 g/mol. The summed E-state index contributed by atoms with van der Waals surface area (Å²) in [6, 6.07) is 9.39. The summed E-state index contributed by atoms with van der Waals surface area (Å²) in [4.78, 5) is 35.2. The van der Waals surface area contributed by atoms with E-state index in [2.05, 4.69) is 9.47 Å². The fraction of sp³-hybridized carbons (Fsp3) is 0.353. The van der Waals surface area contributed by atoms with Crippen LogP contribution in [0.1, 0.15) is 18.9 Å². The molecule has 0 bridgehead atoms. The largest absolute Gasteiger partial charge is 0.468 e. The van der Waals surface area contributed by atoms with Crippen LogP contribution in [0.5, 0.6) is 0 Å². The van der Waals surface area contributed by atoms with E-state index in [1.165, 1.54) is 21.1 Å². The van der Waals surface area contributed by atoms with Gasteiger partial charge in [-0.1, -0.05) is 42.5 Å². The number of hydrogen-bond donors (Lipinski definition) is 0. The standard InChI is InChI=1S/C17H20O5/c1-12(18)11-14(10-9-13-7-5-4-6-8-13)15(16(19)21-2)17(20)22-3/h4-10,14-15H,11H2,1-3H3/b10-9+/t14-/m0/s1. The molecule has 118 valence electrons. The average molecular weight is 304 g/mol. The highest BCUT2D eigenvalue weighted by molar-refractivity contribution is 5.96. The Labute approximate surface area is 129 Å². The molecule has 0 unspecified atom stereocenters. The van der Waals surface area contributed by atoms with Crippen molar-refractivity contribution in [2.75, 3.05) is 14.2 Å². The molecule has 5 heteroatoms. The second-order valence-electron chi connectivity index (χ2n) is 4.86. The number of allylic oxidation sites excluding steroid dienone is 1. The number of ether oxygens (including phenoxy) is 2. The average Bonchev–Trinajstić information content (AvgIpc) is 2.52. The number of esters is 2. The van der Waals surface area contributed by atoms with Crippen LogP contribution in [0.25, 0.3) is 6.08 Å². The van der Waals surface area contributed by atoms with E-state index >= 15 is 0 Å². The van der Waals surface area contributed by atoms with Crippen LogP contribution in [0.2, 0.25) is 0 Å². The molecule has 1 aromatic carbocycles. The van der Waals surface area contributed by atoms with E-state index in [9.17, 15) is 14.4 Å². The van der Waals surface area contributed by atoms with Crippen LogP contribution in [-0.4, -0.2) is 31.9 Å². The summed E-state index contributed by atoms with van der Waals surface area (Å²) in [6.07, 6.45) is 3.50. The van der Waals surface area contributed by atoms with E-state index in [1.54, 1.807) is 12.2 Å². The molecular formula is C17H20O5. The van der Waals surface area contributed by atoms with Crippen LogP contribution in [-0.2, 0) is 23.9 Å². The predicted octanol–water partition coefficient (Wildman–Crippen LogP) is 2.26. The lowest BCUT2D eigenvalue weighted by molar-refractivity contribution is -0.160. The molecule has 1 aromatic rings. The third-order valence-corrected chi connectivity index (χ3v) is 3.20. The number of benzene rings is 1. The molecule has 0 radical (unpaired) electrons. The maximum absolute atomic E-state index is 11.9. The van der Waals surface area contributed by atoms with Gasteiger partial charge in [0.1, 0.15) is 5.78 Å². The van der Waals surface area contributed by atoms with Gasteiger partial charge in [0.05, 0.1) is 14.2 Å². The van der Waals surface area contributed by atoms with E-state index in [1.807, 2.05) is 30.3 Å². The molecule has 0 spiro atoms. The molecule has 0 aromatic heterocycles. The van der Waals surface area contributed by atoms with Crippen molar-refractivity contribution in [1.82, 2.24) is 0 Å². The van der Waals surface area contributed by atoms with Gasteiger partial charge in [-0.25, -0.2) is 0 Å². The molecule has 1 atom stereocenters. The molecule has 5 nitrogen and oxygen atoms in total. The Morgan fingerprint density at radius 1 is 1.05 bits per heavy atom. The Kier molecular flexibility index (Phi) is 7.02. The molecule has 0 heterocycles. The van der Waals surface area contributed by atoms with Gasteiger partial charge in [-0.05, 0) is 12.5 Å². The fourth-order valence-corrected chi connectivity index (χ4v) is 2.13. The Bertz CT molecular complexity index is 531. The first kappa shape index (κ1) is 17.6. The zero-order chi connectivity index (χ0) is 16.5. The van der Waals surface area contributed by atoms with Crippen molar-refractivity contribution in [1.29, 1.82) is 0 Å². The molecule has 22 heavy (non-hydrogen) atoms. The van der Waals surface area contributed by atoms with Crippen molar-refractivity contribution in [3.63, 3.8) is 0 Å². The van der Waals surface area contributed by atoms with Crippen LogP contribution >= 0.6 is 0 Å². The molecule has 0 aliphatic heterocycles. The summed E-state index contributed by atoms with van der Waals surface area (Å²) in [5.74, 6) is -3.32. The van der Waals surface area contributed by atoms with E-state index in [0.29, 0.717) is 0 Å². The Hall–Kier alpha value is -2.43. The predicted molar refractivity (Wildman–Crippen MR) is 81.8 cm³/mol. The van der Waals surface area contributed by atoms with E-state index < -0.39 is 23.8 Å². The summed E-state index contributed by atoms with van der Waals surface area (Å²) in [6.45, 7) is 1.41. The molecule has 0 aliphatic carbocycles. The SMILES string of the molecule is COC(=O)C(C(=O)OC)[C@@H](/C=C/c1ccccc1)CC(C)=O. The molecule has 0 aliphatic rings. The Morgan fingerprint density at radius 2 is 1.59 bits per heavy atom. The number of ketones is 1. The number of carbonyl (C=O) groups is 3. The van der Waals surface area contributed by atoms with Crippen LogP contribution in [0.4, 0.5) is 0 Å². The van der Waals surface area contributed by atoms with Gasteiger partial charge in [0.25, 0.3) is 0 Å². The van der Waals surface area contributed by atoms with Crippen molar-refractivity contribution in [2.24, 2.45) is 11.8 Å². The molecule has 0 amide bonds. The quantitative estimate of drug-likeness (QED) is 0.571. The monoisotopic (exact) mass is 304 g/mol. The van der Waals surface area contributed by atoms with Gasteiger partial charge in [0.15, 0.2) is 5.92 Å². The lowest BCUT2D eigenvalue weighted by Crippen LogP contribution is -2.33. The third kappa shape index (κ3) is 5.16. The van der Waals surface area contributed by atoms with Crippen molar-refractivity contribution < 1.29 is 23.9 Å². The summed E-state index contributed by atoms with van der Waals surface area (Å²) in [5, 5.41) is 0. The van der Waals surface area contributed by atoms with Crippen molar-refractivity contribution >= 4 is 23.8 Å². The summed E-state index contributed by atoms with van der Waals surface area (Å²) in [5.41, 5.74) is 0.907. The molecule has 0 saturated carbocycles. The van der Waals surface area contributed by atoms with Crippen molar-refractivity contribution in [3.05, 3.63) is 42.0 Å². The van der Waals surface area contributed by atoms with Gasteiger partial charge < -0.3 is 14.3 Å². The smallest absolute Gasteiger partial charge is 0.320 e. The van der Waals surface area contributed by atoms with Crippen molar-refractivity contribution in [2.45, 2.75) is 13.3 Å². The number of Topliss-reactive ketones (excluding diaryl/α,β-unsaturated/α-hetero) is 1. The zero-order valence-corrected chi connectivity index (χ0v) is 12.9. The third-order valence-electron chi connectivity index (χ3n) is 3.20. The van der Waals surface area contributed by atoms with Crippen LogP contribution in [0, 0.1) is 11.8 Å². The van der Waals surface area contributed by atoms with Crippen molar-refractivity contribution in [3.8, 4) is 0 Å². The van der Waals surface area contributed by atoms with E-state index in [-0.39, 0.29) is 12.2 Å². The first-order valence-electron chi connectivity index (χ1n) is 6.88. The maximum Gasteiger partial charge on any atom is 0.320 e. The topological polar surface area (TPSA) is 69.7 Å². The number of carbonyl (C=O) groups excluding carboxylic acids is 3. The second-order valence-corrected chi connectivity index (χ2v) is 4.86. The zero-order valence-electron chi connectivity index (χ0n) is 12.9. The first-order chi connectivity index (χ1) is 10.5. The fourth-order valence-electron chi connectivity index (χ4n) is 2.13.